The number of hydrogen-bond donors (Lipinski definition) is 1. The van der Waals surface area contributed by atoms with Gasteiger partial charge in [-0.25, -0.2) is 4.98 Å². The van der Waals surface area contributed by atoms with E-state index in [4.69, 9.17) is 4.52 Å². The zero-order valence-electron chi connectivity index (χ0n) is 11.7. The molecule has 0 bridgehead atoms. The van der Waals surface area contributed by atoms with Crippen molar-refractivity contribution in [3.63, 3.8) is 0 Å². The summed E-state index contributed by atoms with van der Waals surface area (Å²) < 4.78 is 6.96. The van der Waals surface area contributed by atoms with Crippen LogP contribution in [-0.4, -0.2) is 27.2 Å². The summed E-state index contributed by atoms with van der Waals surface area (Å²) in [5.41, 5.74) is 2.41. The van der Waals surface area contributed by atoms with Gasteiger partial charge in [-0.2, -0.15) is 0 Å². The maximum atomic E-state index is 11.8. The topological polar surface area (TPSA) is 73.0 Å². The number of aromatic nitrogens is 3. The number of nitrogens with one attached hydrogen (secondary N) is 1. The molecule has 0 unspecified atom stereocenters. The van der Waals surface area contributed by atoms with Gasteiger partial charge in [0.05, 0.1) is 17.4 Å². The first-order valence-corrected chi connectivity index (χ1v) is 6.85. The normalized spacial score (nSPS) is 10.9. The highest BCUT2D eigenvalue weighted by Crippen LogP contribution is 2.11. The quantitative estimate of drug-likeness (QED) is 0.729. The Hall–Kier alpha value is -2.63. The molecule has 21 heavy (non-hydrogen) atoms. The molecule has 0 radical (unpaired) electrons. The molecule has 3 rings (SSSR count). The van der Waals surface area contributed by atoms with Crippen LogP contribution in [0.5, 0.6) is 0 Å². The lowest BCUT2D eigenvalue weighted by atomic mass is 10.3. The van der Waals surface area contributed by atoms with Crippen LogP contribution in [0.1, 0.15) is 22.7 Å². The minimum Gasteiger partial charge on any atom is -0.361 e. The van der Waals surface area contributed by atoms with E-state index in [9.17, 15) is 4.79 Å². The highest BCUT2D eigenvalue weighted by atomic mass is 16.5. The molecule has 2 heterocycles. The summed E-state index contributed by atoms with van der Waals surface area (Å²) in [6.45, 7) is 3.14. The molecule has 2 aromatic heterocycles. The van der Waals surface area contributed by atoms with Gasteiger partial charge in [0.25, 0.3) is 5.91 Å². The third-order valence-electron chi connectivity index (χ3n) is 3.25. The van der Waals surface area contributed by atoms with Gasteiger partial charge in [0, 0.05) is 19.2 Å². The van der Waals surface area contributed by atoms with Crippen molar-refractivity contribution in [2.24, 2.45) is 0 Å². The molecule has 6 heteroatoms. The number of imidazole rings is 1. The van der Waals surface area contributed by atoms with Crippen LogP contribution in [0.3, 0.4) is 0 Å². The lowest BCUT2D eigenvalue weighted by Gasteiger charge is -2.05. The number of carbonyl (C=O) groups is 1. The summed E-state index contributed by atoms with van der Waals surface area (Å²) in [5.74, 6) is 0.423. The summed E-state index contributed by atoms with van der Waals surface area (Å²) in [7, 11) is 0. The molecule has 0 spiro atoms. The number of para-hydroxylation sites is 2. The van der Waals surface area contributed by atoms with E-state index >= 15 is 0 Å². The van der Waals surface area contributed by atoms with Gasteiger partial charge in [0.15, 0.2) is 5.69 Å². The number of fused-ring (bicyclic) bond motifs is 1. The largest absolute Gasteiger partial charge is 0.361 e. The fourth-order valence-electron chi connectivity index (χ4n) is 2.20. The molecule has 6 nitrogen and oxygen atoms in total. The summed E-state index contributed by atoms with van der Waals surface area (Å²) in [6.07, 6.45) is 2.65. The lowest BCUT2D eigenvalue weighted by molar-refractivity contribution is 0.0943. The van der Waals surface area contributed by atoms with Crippen LogP contribution in [0.25, 0.3) is 11.0 Å². The molecule has 0 saturated heterocycles. The molecule has 108 valence electrons. The van der Waals surface area contributed by atoms with Crippen molar-refractivity contribution in [2.75, 3.05) is 6.54 Å². The van der Waals surface area contributed by atoms with Gasteiger partial charge >= 0.3 is 0 Å². The van der Waals surface area contributed by atoms with Crippen LogP contribution in [0.15, 0.2) is 41.2 Å². The van der Waals surface area contributed by atoms with Crippen LogP contribution >= 0.6 is 0 Å². The maximum absolute atomic E-state index is 11.8. The summed E-state index contributed by atoms with van der Waals surface area (Å²) in [5, 5.41) is 6.51. The molecular formula is C15H16N4O2. The van der Waals surface area contributed by atoms with Crippen molar-refractivity contribution < 1.29 is 9.32 Å². The Kier molecular flexibility index (Phi) is 3.68. The molecule has 1 amide bonds. The Morgan fingerprint density at radius 2 is 2.24 bits per heavy atom. The number of amides is 1. The van der Waals surface area contributed by atoms with E-state index in [1.807, 2.05) is 30.6 Å². The molecule has 0 saturated carbocycles. The van der Waals surface area contributed by atoms with Gasteiger partial charge in [0.1, 0.15) is 5.76 Å². The van der Waals surface area contributed by atoms with Gasteiger partial charge in [-0.3, -0.25) is 4.79 Å². The zero-order chi connectivity index (χ0) is 14.7. The standard InChI is InChI=1S/C15H16N4O2/c1-11-9-13(18-21-11)15(20)16-7-4-8-19-10-17-12-5-2-3-6-14(12)19/h2-3,5-6,9-10H,4,7-8H2,1H3,(H,16,20). The van der Waals surface area contributed by atoms with Crippen molar-refractivity contribution in [2.45, 2.75) is 19.9 Å². The average molecular weight is 284 g/mol. The fourth-order valence-corrected chi connectivity index (χ4v) is 2.20. The van der Waals surface area contributed by atoms with Gasteiger partial charge in [-0.05, 0) is 25.5 Å². The number of aryl methyl sites for hydroxylation is 2. The third kappa shape index (κ3) is 2.94. The highest BCUT2D eigenvalue weighted by Gasteiger charge is 2.09. The highest BCUT2D eigenvalue weighted by molar-refractivity contribution is 5.92. The summed E-state index contributed by atoms with van der Waals surface area (Å²) in [4.78, 5) is 16.1. The average Bonchev–Trinajstić information content (AvgIpc) is 3.10. The first-order chi connectivity index (χ1) is 10.2. The maximum Gasteiger partial charge on any atom is 0.273 e. The molecular weight excluding hydrogens is 268 g/mol. The summed E-state index contributed by atoms with van der Waals surface area (Å²) in [6, 6.07) is 9.62. The van der Waals surface area contributed by atoms with E-state index < -0.39 is 0 Å². The van der Waals surface area contributed by atoms with E-state index in [0.29, 0.717) is 18.0 Å². The Bertz CT molecular complexity index is 760. The van der Waals surface area contributed by atoms with E-state index in [0.717, 1.165) is 24.0 Å². The van der Waals surface area contributed by atoms with Crippen LogP contribution in [0, 0.1) is 6.92 Å². The molecule has 0 aliphatic rings. The molecule has 1 N–H and O–H groups in total. The molecule has 0 atom stereocenters. The fraction of sp³-hybridized carbons (Fsp3) is 0.267. The zero-order valence-corrected chi connectivity index (χ0v) is 11.7. The molecule has 0 fully saturated rings. The Labute approximate surface area is 121 Å². The molecule has 0 aliphatic carbocycles. The van der Waals surface area contributed by atoms with E-state index in [1.165, 1.54) is 0 Å². The van der Waals surface area contributed by atoms with Gasteiger partial charge in [0.2, 0.25) is 0 Å². The smallest absolute Gasteiger partial charge is 0.273 e. The lowest BCUT2D eigenvalue weighted by Crippen LogP contribution is -2.25. The van der Waals surface area contributed by atoms with Gasteiger partial charge < -0.3 is 14.4 Å². The second-order valence-electron chi connectivity index (χ2n) is 4.86. The molecule has 1 aromatic carbocycles. The first kappa shape index (κ1) is 13.4. The van der Waals surface area contributed by atoms with Crippen LogP contribution in [0.2, 0.25) is 0 Å². The SMILES string of the molecule is Cc1cc(C(=O)NCCCn2cnc3ccccc32)no1. The number of rotatable bonds is 5. The van der Waals surface area contributed by atoms with Crippen molar-refractivity contribution in [1.29, 1.82) is 0 Å². The first-order valence-electron chi connectivity index (χ1n) is 6.85. The number of benzene rings is 1. The monoisotopic (exact) mass is 284 g/mol. The Balaban J connectivity index is 1.51. The summed E-state index contributed by atoms with van der Waals surface area (Å²) >= 11 is 0. The van der Waals surface area contributed by atoms with Crippen molar-refractivity contribution in [1.82, 2.24) is 20.0 Å². The van der Waals surface area contributed by atoms with E-state index in [-0.39, 0.29) is 5.91 Å². The number of nitrogens with zero attached hydrogens (tertiary/aromatic N) is 3. The van der Waals surface area contributed by atoms with E-state index in [2.05, 4.69) is 20.0 Å². The van der Waals surface area contributed by atoms with Crippen molar-refractivity contribution >= 4 is 16.9 Å². The van der Waals surface area contributed by atoms with Gasteiger partial charge in [-0.1, -0.05) is 17.3 Å². The number of hydrogen-bond acceptors (Lipinski definition) is 4. The van der Waals surface area contributed by atoms with Crippen LogP contribution < -0.4 is 5.32 Å². The van der Waals surface area contributed by atoms with Gasteiger partial charge in [-0.15, -0.1) is 0 Å². The van der Waals surface area contributed by atoms with Crippen molar-refractivity contribution in [3.05, 3.63) is 48.1 Å². The van der Waals surface area contributed by atoms with Crippen molar-refractivity contribution in [3.8, 4) is 0 Å². The minimum atomic E-state index is -0.206. The third-order valence-corrected chi connectivity index (χ3v) is 3.25. The van der Waals surface area contributed by atoms with Crippen LogP contribution in [-0.2, 0) is 6.54 Å². The molecule has 3 aromatic rings. The predicted molar refractivity (Wildman–Crippen MR) is 77.9 cm³/mol. The second kappa shape index (κ2) is 5.78. The van der Waals surface area contributed by atoms with E-state index in [1.54, 1.807) is 13.0 Å². The minimum absolute atomic E-state index is 0.206. The number of carbonyl (C=O) groups excluding carboxylic acids is 1. The van der Waals surface area contributed by atoms with Crippen LogP contribution in [0.4, 0.5) is 0 Å². The predicted octanol–water partition coefficient (Wildman–Crippen LogP) is 2.15. The Morgan fingerprint density at radius 3 is 3.05 bits per heavy atom. The second-order valence-corrected chi connectivity index (χ2v) is 4.86. The molecule has 0 aliphatic heterocycles. The Morgan fingerprint density at radius 1 is 1.38 bits per heavy atom.